The molecule has 1 N–H and O–H groups in total. The summed E-state index contributed by atoms with van der Waals surface area (Å²) in [6.45, 7) is 6.52. The molecule has 0 saturated carbocycles. The van der Waals surface area contributed by atoms with Gasteiger partial charge in [-0.15, -0.1) is 0 Å². The van der Waals surface area contributed by atoms with Crippen molar-refractivity contribution in [2.75, 3.05) is 29.5 Å². The van der Waals surface area contributed by atoms with Gasteiger partial charge in [-0.1, -0.05) is 13.8 Å². The number of anilines is 1. The van der Waals surface area contributed by atoms with Gasteiger partial charge in [0.1, 0.15) is 5.82 Å². The van der Waals surface area contributed by atoms with E-state index < -0.39 is 0 Å². The third kappa shape index (κ3) is 3.39. The molecule has 2 rings (SSSR count). The topological polar surface area (TPSA) is 36.4 Å². The molecule has 0 amide bonds. The Hall–Kier alpha value is -0.740. The molecule has 0 aromatic carbocycles. The standard InChI is InChI=1S/C14H22N2OS/c1-11(2)13-8-12(10-17)9-14(15-13)16-4-3-6-18-7-5-16/h8-9,11,17H,3-7,10H2,1-2H3. The van der Waals surface area contributed by atoms with E-state index in [-0.39, 0.29) is 6.61 Å². The van der Waals surface area contributed by atoms with Crippen LogP contribution < -0.4 is 4.90 Å². The average molecular weight is 266 g/mol. The average Bonchev–Trinajstić information content (AvgIpc) is 2.67. The van der Waals surface area contributed by atoms with E-state index in [0.717, 1.165) is 30.2 Å². The molecular weight excluding hydrogens is 244 g/mol. The summed E-state index contributed by atoms with van der Waals surface area (Å²) in [5, 5.41) is 9.37. The number of pyridine rings is 1. The maximum Gasteiger partial charge on any atom is 0.129 e. The van der Waals surface area contributed by atoms with E-state index in [1.165, 1.54) is 17.9 Å². The lowest BCUT2D eigenvalue weighted by Crippen LogP contribution is -2.27. The van der Waals surface area contributed by atoms with Crippen LogP contribution in [-0.4, -0.2) is 34.7 Å². The maximum absolute atomic E-state index is 9.37. The summed E-state index contributed by atoms with van der Waals surface area (Å²) in [4.78, 5) is 7.10. The molecule has 1 aliphatic heterocycles. The molecular formula is C14H22N2OS. The van der Waals surface area contributed by atoms with Crippen molar-refractivity contribution in [3.8, 4) is 0 Å². The van der Waals surface area contributed by atoms with Crippen molar-refractivity contribution in [2.24, 2.45) is 0 Å². The number of thioether (sulfide) groups is 1. The number of aliphatic hydroxyl groups excluding tert-OH is 1. The smallest absolute Gasteiger partial charge is 0.129 e. The fraction of sp³-hybridized carbons (Fsp3) is 0.643. The van der Waals surface area contributed by atoms with Gasteiger partial charge in [-0.05, 0) is 35.8 Å². The van der Waals surface area contributed by atoms with E-state index in [1.54, 1.807) is 0 Å². The highest BCUT2D eigenvalue weighted by Crippen LogP contribution is 2.22. The Morgan fingerprint density at radius 2 is 2.17 bits per heavy atom. The van der Waals surface area contributed by atoms with Crippen LogP contribution in [0, 0.1) is 0 Å². The summed E-state index contributed by atoms with van der Waals surface area (Å²) in [5.41, 5.74) is 2.05. The molecule has 0 aliphatic carbocycles. The van der Waals surface area contributed by atoms with Crippen molar-refractivity contribution in [3.63, 3.8) is 0 Å². The van der Waals surface area contributed by atoms with Gasteiger partial charge in [0.2, 0.25) is 0 Å². The first kappa shape index (κ1) is 13.7. The van der Waals surface area contributed by atoms with Gasteiger partial charge in [-0.3, -0.25) is 0 Å². The van der Waals surface area contributed by atoms with Crippen molar-refractivity contribution in [3.05, 3.63) is 23.4 Å². The lowest BCUT2D eigenvalue weighted by atomic mass is 10.1. The summed E-state index contributed by atoms with van der Waals surface area (Å²) < 4.78 is 0. The lowest BCUT2D eigenvalue weighted by molar-refractivity contribution is 0.281. The minimum absolute atomic E-state index is 0.0951. The highest BCUT2D eigenvalue weighted by molar-refractivity contribution is 7.99. The van der Waals surface area contributed by atoms with E-state index in [1.807, 2.05) is 23.9 Å². The zero-order chi connectivity index (χ0) is 13.0. The molecule has 3 nitrogen and oxygen atoms in total. The monoisotopic (exact) mass is 266 g/mol. The SMILES string of the molecule is CC(C)c1cc(CO)cc(N2CCCSCC2)n1. The molecule has 18 heavy (non-hydrogen) atoms. The summed E-state index contributed by atoms with van der Waals surface area (Å²) in [6, 6.07) is 4.04. The minimum Gasteiger partial charge on any atom is -0.392 e. The van der Waals surface area contributed by atoms with Crippen LogP contribution in [0.5, 0.6) is 0 Å². The third-order valence-electron chi connectivity index (χ3n) is 3.21. The van der Waals surface area contributed by atoms with Crippen molar-refractivity contribution >= 4 is 17.6 Å². The Bertz CT molecular complexity index is 387. The molecule has 0 radical (unpaired) electrons. The van der Waals surface area contributed by atoms with Gasteiger partial charge in [0.25, 0.3) is 0 Å². The molecule has 0 bridgehead atoms. The van der Waals surface area contributed by atoms with E-state index in [4.69, 9.17) is 4.98 Å². The minimum atomic E-state index is 0.0951. The number of rotatable bonds is 3. The summed E-state index contributed by atoms with van der Waals surface area (Å²) in [7, 11) is 0. The van der Waals surface area contributed by atoms with Gasteiger partial charge in [-0.2, -0.15) is 11.8 Å². The quantitative estimate of drug-likeness (QED) is 0.912. The fourth-order valence-electron chi connectivity index (χ4n) is 2.12. The second-order valence-corrected chi connectivity index (χ2v) is 6.25. The lowest BCUT2D eigenvalue weighted by Gasteiger charge is -2.23. The van der Waals surface area contributed by atoms with Crippen LogP contribution in [0.4, 0.5) is 5.82 Å². The van der Waals surface area contributed by atoms with Gasteiger partial charge in [0.15, 0.2) is 0 Å². The van der Waals surface area contributed by atoms with Crippen LogP contribution in [-0.2, 0) is 6.61 Å². The van der Waals surface area contributed by atoms with Gasteiger partial charge in [0.05, 0.1) is 6.61 Å². The molecule has 1 aromatic rings. The Kier molecular flexibility index (Phi) is 4.89. The van der Waals surface area contributed by atoms with Crippen LogP contribution in [0.3, 0.4) is 0 Å². The zero-order valence-corrected chi connectivity index (χ0v) is 12.0. The van der Waals surface area contributed by atoms with Gasteiger partial charge in [0, 0.05) is 24.5 Å². The van der Waals surface area contributed by atoms with Gasteiger partial charge < -0.3 is 10.0 Å². The second kappa shape index (κ2) is 6.43. The van der Waals surface area contributed by atoms with Crippen molar-refractivity contribution in [2.45, 2.75) is 32.8 Å². The molecule has 1 saturated heterocycles. The normalized spacial score (nSPS) is 17.0. The molecule has 100 valence electrons. The van der Waals surface area contributed by atoms with Crippen molar-refractivity contribution in [1.29, 1.82) is 0 Å². The number of nitrogens with zero attached hydrogens (tertiary/aromatic N) is 2. The molecule has 0 spiro atoms. The Labute approximate surface area is 114 Å². The fourth-order valence-corrected chi connectivity index (χ4v) is 3.01. The molecule has 2 heterocycles. The van der Waals surface area contributed by atoms with Crippen molar-refractivity contribution < 1.29 is 5.11 Å². The predicted molar refractivity (Wildman–Crippen MR) is 78.4 cm³/mol. The Morgan fingerprint density at radius 1 is 1.33 bits per heavy atom. The van der Waals surface area contributed by atoms with E-state index in [2.05, 4.69) is 18.7 Å². The molecule has 4 heteroatoms. The number of aliphatic hydroxyl groups is 1. The molecule has 0 atom stereocenters. The van der Waals surface area contributed by atoms with Crippen molar-refractivity contribution in [1.82, 2.24) is 4.98 Å². The largest absolute Gasteiger partial charge is 0.392 e. The van der Waals surface area contributed by atoms with Crippen LogP contribution in [0.25, 0.3) is 0 Å². The first-order valence-corrected chi connectivity index (χ1v) is 7.80. The van der Waals surface area contributed by atoms with E-state index in [9.17, 15) is 5.11 Å². The van der Waals surface area contributed by atoms with Crippen LogP contribution in [0.15, 0.2) is 12.1 Å². The summed E-state index contributed by atoms with van der Waals surface area (Å²) >= 11 is 2.02. The molecule has 1 aromatic heterocycles. The number of aromatic nitrogens is 1. The molecule has 0 unspecified atom stereocenters. The predicted octanol–water partition coefficient (Wildman–Crippen LogP) is 2.64. The summed E-state index contributed by atoms with van der Waals surface area (Å²) in [6.07, 6.45) is 1.21. The van der Waals surface area contributed by atoms with Crippen LogP contribution >= 0.6 is 11.8 Å². The van der Waals surface area contributed by atoms with E-state index in [0.29, 0.717) is 5.92 Å². The number of hydrogen-bond donors (Lipinski definition) is 1. The summed E-state index contributed by atoms with van der Waals surface area (Å²) in [5.74, 6) is 3.85. The first-order chi connectivity index (χ1) is 8.70. The molecule has 1 fully saturated rings. The third-order valence-corrected chi connectivity index (χ3v) is 4.26. The van der Waals surface area contributed by atoms with Crippen LogP contribution in [0.2, 0.25) is 0 Å². The maximum atomic E-state index is 9.37. The van der Waals surface area contributed by atoms with Crippen LogP contribution in [0.1, 0.15) is 37.4 Å². The van der Waals surface area contributed by atoms with Gasteiger partial charge in [-0.25, -0.2) is 4.98 Å². The second-order valence-electron chi connectivity index (χ2n) is 5.02. The zero-order valence-electron chi connectivity index (χ0n) is 11.2. The highest BCUT2D eigenvalue weighted by Gasteiger charge is 2.14. The Morgan fingerprint density at radius 3 is 2.89 bits per heavy atom. The highest BCUT2D eigenvalue weighted by atomic mass is 32.2. The van der Waals surface area contributed by atoms with E-state index >= 15 is 0 Å². The first-order valence-electron chi connectivity index (χ1n) is 6.65. The molecule has 1 aliphatic rings. The Balaban J connectivity index is 2.27. The van der Waals surface area contributed by atoms with Gasteiger partial charge >= 0.3 is 0 Å². The number of hydrogen-bond acceptors (Lipinski definition) is 4.